The van der Waals surface area contributed by atoms with E-state index in [0.717, 1.165) is 6.42 Å². The maximum absolute atomic E-state index is 9.88. The predicted molar refractivity (Wildman–Crippen MR) is 34.3 cm³/mol. The van der Waals surface area contributed by atoms with Crippen molar-refractivity contribution < 1.29 is 4.79 Å². The van der Waals surface area contributed by atoms with Gasteiger partial charge in [-0.2, -0.15) is 0 Å². The molecule has 0 heterocycles. The molecule has 0 aromatic rings. The predicted octanol–water partition coefficient (Wildman–Crippen LogP) is 1.70. The Balaban J connectivity index is 3.62. The Hall–Kier alpha value is -0.590. The van der Waals surface area contributed by atoms with E-state index in [9.17, 15) is 4.79 Å². The highest BCUT2D eigenvalue weighted by atomic mass is 16.1. The van der Waals surface area contributed by atoms with Gasteiger partial charge in [-0.1, -0.05) is 20.4 Å². The molecule has 1 atom stereocenters. The second kappa shape index (κ2) is 3.42. The summed E-state index contributed by atoms with van der Waals surface area (Å²) in [7, 11) is 0. The smallest absolute Gasteiger partial charge is 0.228 e. The highest BCUT2D eigenvalue weighted by Gasteiger charge is 2.00. The monoisotopic (exact) mass is 111 g/mol. The molecular weight excluding hydrogens is 100 g/mol. The highest BCUT2D eigenvalue weighted by Crippen LogP contribution is 2.08. The van der Waals surface area contributed by atoms with Crippen molar-refractivity contribution in [2.45, 2.75) is 20.3 Å². The molecule has 0 rings (SSSR count). The van der Waals surface area contributed by atoms with Crippen LogP contribution in [-0.4, -0.2) is 6.29 Å². The van der Waals surface area contributed by atoms with Crippen LogP contribution in [-0.2, 0) is 4.79 Å². The molecule has 0 aromatic heterocycles. The molecule has 0 spiro atoms. The summed E-state index contributed by atoms with van der Waals surface area (Å²) in [6.45, 7) is 7.51. The van der Waals surface area contributed by atoms with E-state index < -0.39 is 0 Å². The first-order valence-electron chi connectivity index (χ1n) is 2.79. The van der Waals surface area contributed by atoms with Crippen molar-refractivity contribution >= 4 is 6.29 Å². The minimum Gasteiger partial charge on any atom is -0.285 e. The molecule has 0 saturated heterocycles. The Morgan fingerprint density at radius 2 is 2.38 bits per heavy atom. The molecule has 0 aliphatic rings. The second-order valence-electron chi connectivity index (χ2n) is 1.94. The molecule has 0 bridgehead atoms. The van der Waals surface area contributed by atoms with Gasteiger partial charge >= 0.3 is 0 Å². The Kier molecular flexibility index (Phi) is 3.16. The van der Waals surface area contributed by atoms with Gasteiger partial charge in [-0.15, -0.1) is 0 Å². The summed E-state index contributed by atoms with van der Waals surface area (Å²) in [4.78, 5) is 9.88. The van der Waals surface area contributed by atoms with Crippen LogP contribution in [0.1, 0.15) is 20.3 Å². The summed E-state index contributed by atoms with van der Waals surface area (Å²) in [6.07, 6.45) is 2.74. The molecule has 0 aliphatic heterocycles. The molecule has 1 radical (unpaired) electrons. The lowest BCUT2D eigenvalue weighted by molar-refractivity contribution is 0.551. The van der Waals surface area contributed by atoms with Gasteiger partial charge in [-0.3, -0.25) is 4.79 Å². The van der Waals surface area contributed by atoms with Crippen LogP contribution in [0, 0.1) is 5.92 Å². The Labute approximate surface area is 50.4 Å². The average molecular weight is 111 g/mol. The quantitative estimate of drug-likeness (QED) is 0.506. The average Bonchev–Trinajstić information content (AvgIpc) is 1.84. The van der Waals surface area contributed by atoms with Crippen LogP contribution in [0.4, 0.5) is 0 Å². The molecule has 0 fully saturated rings. The van der Waals surface area contributed by atoms with Gasteiger partial charge in [-0.05, 0) is 17.9 Å². The van der Waals surface area contributed by atoms with Crippen molar-refractivity contribution in [1.82, 2.24) is 0 Å². The van der Waals surface area contributed by atoms with Gasteiger partial charge in [0.15, 0.2) is 0 Å². The first-order chi connectivity index (χ1) is 3.72. The number of carbonyl (C=O) groups excluding carboxylic acids is 1. The van der Waals surface area contributed by atoms with Crippen molar-refractivity contribution in [1.29, 1.82) is 0 Å². The topological polar surface area (TPSA) is 17.1 Å². The van der Waals surface area contributed by atoms with Crippen molar-refractivity contribution in [2.24, 2.45) is 5.92 Å². The zero-order chi connectivity index (χ0) is 6.57. The lowest BCUT2D eigenvalue weighted by Gasteiger charge is -2.02. The van der Waals surface area contributed by atoms with Gasteiger partial charge in [-0.25, -0.2) is 0 Å². The lowest BCUT2D eigenvalue weighted by Crippen LogP contribution is -1.95. The van der Waals surface area contributed by atoms with Crippen molar-refractivity contribution in [2.75, 3.05) is 0 Å². The van der Waals surface area contributed by atoms with Crippen LogP contribution in [0.5, 0.6) is 0 Å². The maximum Gasteiger partial charge on any atom is 0.228 e. The fourth-order valence-electron chi connectivity index (χ4n) is 0.347. The van der Waals surface area contributed by atoms with Crippen molar-refractivity contribution in [3.63, 3.8) is 0 Å². The van der Waals surface area contributed by atoms with Crippen LogP contribution >= 0.6 is 0 Å². The molecular formula is C7H11O. The fraction of sp³-hybridized carbons (Fsp3) is 0.571. The number of hydrogen-bond donors (Lipinski definition) is 0. The van der Waals surface area contributed by atoms with Gasteiger partial charge < -0.3 is 0 Å². The van der Waals surface area contributed by atoms with Crippen LogP contribution in [0.3, 0.4) is 0 Å². The van der Waals surface area contributed by atoms with Gasteiger partial charge in [0.2, 0.25) is 6.29 Å². The molecule has 0 amide bonds. The Morgan fingerprint density at radius 3 is 2.50 bits per heavy atom. The molecule has 1 heteroatoms. The van der Waals surface area contributed by atoms with Crippen molar-refractivity contribution in [3.05, 3.63) is 12.2 Å². The molecule has 0 aromatic carbocycles. The van der Waals surface area contributed by atoms with Gasteiger partial charge in [0.05, 0.1) is 0 Å². The summed E-state index contributed by atoms with van der Waals surface area (Å²) in [6, 6.07) is 0. The summed E-state index contributed by atoms with van der Waals surface area (Å²) >= 11 is 0. The molecule has 1 unspecified atom stereocenters. The number of hydrogen-bond acceptors (Lipinski definition) is 1. The Morgan fingerprint density at radius 1 is 1.88 bits per heavy atom. The van der Waals surface area contributed by atoms with Gasteiger partial charge in [0, 0.05) is 0 Å². The van der Waals surface area contributed by atoms with E-state index >= 15 is 0 Å². The molecule has 8 heavy (non-hydrogen) atoms. The van der Waals surface area contributed by atoms with Crippen LogP contribution in [0.25, 0.3) is 0 Å². The van der Waals surface area contributed by atoms with Gasteiger partial charge in [0.1, 0.15) is 0 Å². The Bertz CT molecular complexity index is 94.6. The van der Waals surface area contributed by atoms with Gasteiger partial charge in [0.25, 0.3) is 0 Å². The third kappa shape index (κ3) is 1.92. The number of rotatable bonds is 3. The fourth-order valence-corrected chi connectivity index (χ4v) is 0.347. The lowest BCUT2D eigenvalue weighted by atomic mass is 10.0. The van der Waals surface area contributed by atoms with Crippen LogP contribution < -0.4 is 0 Å². The summed E-state index contributed by atoms with van der Waals surface area (Å²) in [5.41, 5.74) is 0.576. The largest absolute Gasteiger partial charge is 0.285 e. The van der Waals surface area contributed by atoms with E-state index in [0.29, 0.717) is 11.5 Å². The van der Waals surface area contributed by atoms with E-state index in [2.05, 4.69) is 6.58 Å². The highest BCUT2D eigenvalue weighted by molar-refractivity contribution is 5.73. The van der Waals surface area contributed by atoms with E-state index in [1.54, 1.807) is 6.29 Å². The molecule has 1 nitrogen and oxygen atoms in total. The molecule has 45 valence electrons. The molecule has 0 N–H and O–H groups in total. The van der Waals surface area contributed by atoms with E-state index in [1.165, 1.54) is 0 Å². The van der Waals surface area contributed by atoms with Crippen molar-refractivity contribution in [3.8, 4) is 0 Å². The van der Waals surface area contributed by atoms with E-state index in [-0.39, 0.29) is 0 Å². The zero-order valence-corrected chi connectivity index (χ0v) is 5.40. The molecule has 0 saturated carbocycles. The summed E-state index contributed by atoms with van der Waals surface area (Å²) in [5, 5.41) is 0. The first-order valence-corrected chi connectivity index (χ1v) is 2.79. The first kappa shape index (κ1) is 7.41. The SMILES string of the molecule is C=C([C]=O)C(C)CC. The minimum absolute atomic E-state index is 0.299. The molecule has 0 aliphatic carbocycles. The van der Waals surface area contributed by atoms with E-state index in [4.69, 9.17) is 0 Å². The minimum atomic E-state index is 0.299. The standard InChI is InChI=1S/C7H11O/c1-4-6(2)7(3)5-8/h6H,3-4H2,1-2H3. The second-order valence-corrected chi connectivity index (χ2v) is 1.94. The zero-order valence-electron chi connectivity index (χ0n) is 5.40. The summed E-state index contributed by atoms with van der Waals surface area (Å²) in [5.74, 6) is 0.299. The third-order valence-corrected chi connectivity index (χ3v) is 1.34. The third-order valence-electron chi connectivity index (χ3n) is 1.34. The normalized spacial score (nSPS) is 12.8. The summed E-state index contributed by atoms with van der Waals surface area (Å²) < 4.78 is 0. The van der Waals surface area contributed by atoms with E-state index in [1.807, 2.05) is 13.8 Å². The maximum atomic E-state index is 9.88. The van der Waals surface area contributed by atoms with Crippen LogP contribution in [0.15, 0.2) is 12.2 Å². The number of allylic oxidation sites excluding steroid dienone is 1. The van der Waals surface area contributed by atoms with Crippen LogP contribution in [0.2, 0.25) is 0 Å².